The smallest absolute Gasteiger partial charge is 0.160 e. The van der Waals surface area contributed by atoms with Crippen LogP contribution in [0.1, 0.15) is 25.0 Å². The molecule has 7 aromatic carbocycles. The number of rotatable bonds is 4. The van der Waals surface area contributed by atoms with Gasteiger partial charge in [-0.25, -0.2) is 9.97 Å². The average molecular weight is 640 g/mol. The molecule has 0 unspecified atom stereocenters. The molecule has 1 aliphatic rings. The second-order valence-corrected chi connectivity index (χ2v) is 13.8. The van der Waals surface area contributed by atoms with Crippen molar-refractivity contribution >= 4 is 32.6 Å². The fraction of sp³-hybridized carbons (Fsp3) is 0.0638. The average Bonchev–Trinajstić information content (AvgIpc) is 3.52. The maximum Gasteiger partial charge on any atom is 0.160 e. The van der Waals surface area contributed by atoms with E-state index < -0.39 is 0 Å². The molecular weight excluding hydrogens is 607 g/mol. The molecule has 10 rings (SSSR count). The Balaban J connectivity index is 1.25. The van der Waals surface area contributed by atoms with E-state index in [1.807, 2.05) is 24.3 Å². The van der Waals surface area contributed by atoms with Gasteiger partial charge in [-0.1, -0.05) is 153 Å². The molecule has 0 bridgehead atoms. The SMILES string of the molecule is CC1(C)c2ccc3c4ccccc4n(-c4cccc(-c5cc(-c6ccccc6)nc(-c6ccccc6)n5)c4)c3c2-c2cccc3cccc1c23. The molecule has 0 fully saturated rings. The minimum Gasteiger partial charge on any atom is -0.309 e. The van der Waals surface area contributed by atoms with Gasteiger partial charge >= 0.3 is 0 Å². The van der Waals surface area contributed by atoms with E-state index in [2.05, 4.69) is 158 Å². The Hall–Kier alpha value is -6.32. The summed E-state index contributed by atoms with van der Waals surface area (Å²) < 4.78 is 2.48. The van der Waals surface area contributed by atoms with Gasteiger partial charge in [0.2, 0.25) is 0 Å². The summed E-state index contributed by atoms with van der Waals surface area (Å²) in [6.07, 6.45) is 0. The lowest BCUT2D eigenvalue weighted by Gasteiger charge is -2.35. The van der Waals surface area contributed by atoms with Crippen LogP contribution in [0.4, 0.5) is 0 Å². The molecule has 0 saturated heterocycles. The summed E-state index contributed by atoms with van der Waals surface area (Å²) >= 11 is 0. The molecule has 0 aliphatic heterocycles. The van der Waals surface area contributed by atoms with Gasteiger partial charge in [0.05, 0.1) is 22.4 Å². The molecule has 0 radical (unpaired) electrons. The van der Waals surface area contributed by atoms with Crippen LogP contribution in [0, 0.1) is 0 Å². The lowest BCUT2D eigenvalue weighted by molar-refractivity contribution is 0.646. The Kier molecular flexibility index (Phi) is 6.22. The molecule has 3 nitrogen and oxygen atoms in total. The number of hydrogen-bond donors (Lipinski definition) is 0. The van der Waals surface area contributed by atoms with Crippen molar-refractivity contribution in [2.24, 2.45) is 0 Å². The molecule has 1 aliphatic carbocycles. The highest BCUT2D eigenvalue weighted by Gasteiger charge is 2.35. The third-order valence-electron chi connectivity index (χ3n) is 10.6. The van der Waals surface area contributed by atoms with Crippen molar-refractivity contribution in [3.8, 4) is 50.7 Å². The Morgan fingerprint density at radius 1 is 0.500 bits per heavy atom. The molecule has 236 valence electrons. The lowest BCUT2D eigenvalue weighted by Crippen LogP contribution is -2.24. The van der Waals surface area contributed by atoms with E-state index in [4.69, 9.17) is 9.97 Å². The molecule has 0 spiro atoms. The zero-order valence-corrected chi connectivity index (χ0v) is 27.9. The zero-order valence-electron chi connectivity index (χ0n) is 27.9. The number of fused-ring (bicyclic) bond motifs is 6. The first-order chi connectivity index (χ1) is 24.6. The Bertz CT molecular complexity index is 2710. The van der Waals surface area contributed by atoms with Crippen LogP contribution < -0.4 is 0 Å². The van der Waals surface area contributed by atoms with Crippen LogP contribution in [0.25, 0.3) is 83.3 Å². The zero-order chi connectivity index (χ0) is 33.4. The molecular formula is C47H33N3. The lowest BCUT2D eigenvalue weighted by atomic mass is 9.68. The largest absolute Gasteiger partial charge is 0.309 e. The van der Waals surface area contributed by atoms with Gasteiger partial charge in [-0.05, 0) is 51.7 Å². The molecule has 3 heteroatoms. The van der Waals surface area contributed by atoms with Crippen LogP contribution in [0.5, 0.6) is 0 Å². The van der Waals surface area contributed by atoms with Gasteiger partial charge in [0.1, 0.15) is 0 Å². The minimum atomic E-state index is -0.164. The van der Waals surface area contributed by atoms with Crippen molar-refractivity contribution in [1.29, 1.82) is 0 Å². The molecule has 0 atom stereocenters. The first-order valence-electron chi connectivity index (χ1n) is 17.3. The normalized spacial score (nSPS) is 13.2. The van der Waals surface area contributed by atoms with Crippen LogP contribution in [-0.4, -0.2) is 14.5 Å². The number of hydrogen-bond acceptors (Lipinski definition) is 2. The van der Waals surface area contributed by atoms with Crippen LogP contribution in [0.3, 0.4) is 0 Å². The van der Waals surface area contributed by atoms with Crippen molar-refractivity contribution in [3.05, 3.63) is 175 Å². The van der Waals surface area contributed by atoms with Gasteiger partial charge in [0, 0.05) is 44.1 Å². The first-order valence-corrected chi connectivity index (χ1v) is 17.3. The fourth-order valence-electron chi connectivity index (χ4n) is 8.21. The standard InChI is InChI=1S/C47H33N3/c1-47(2)38-24-13-19-31-18-12-23-37(43(31)38)44-39(47)27-26-36-35-22-9-10-25-42(35)50(45(36)44)34-21-11-20-33(28-34)41-29-40(30-14-5-3-6-15-30)48-46(49-41)32-16-7-4-8-17-32/h3-29H,1-2H3. The molecule has 0 saturated carbocycles. The molecule has 2 heterocycles. The van der Waals surface area contributed by atoms with E-state index >= 15 is 0 Å². The highest BCUT2D eigenvalue weighted by Crippen LogP contribution is 2.52. The summed E-state index contributed by atoms with van der Waals surface area (Å²) in [4.78, 5) is 10.2. The van der Waals surface area contributed by atoms with Gasteiger partial charge < -0.3 is 4.57 Å². The quantitative estimate of drug-likeness (QED) is 0.192. The predicted octanol–water partition coefficient (Wildman–Crippen LogP) is 12.0. The summed E-state index contributed by atoms with van der Waals surface area (Å²) in [6, 6.07) is 58.7. The van der Waals surface area contributed by atoms with Crippen molar-refractivity contribution < 1.29 is 0 Å². The summed E-state index contributed by atoms with van der Waals surface area (Å²) in [5, 5.41) is 5.15. The summed E-state index contributed by atoms with van der Waals surface area (Å²) in [5.74, 6) is 0.715. The third kappa shape index (κ3) is 4.23. The Morgan fingerprint density at radius 2 is 1.16 bits per heavy atom. The van der Waals surface area contributed by atoms with E-state index in [-0.39, 0.29) is 5.41 Å². The minimum absolute atomic E-state index is 0.164. The maximum absolute atomic E-state index is 5.17. The van der Waals surface area contributed by atoms with Crippen LogP contribution in [0.15, 0.2) is 164 Å². The van der Waals surface area contributed by atoms with Gasteiger partial charge in [0.15, 0.2) is 5.82 Å². The van der Waals surface area contributed by atoms with E-state index in [1.165, 1.54) is 54.8 Å². The first kappa shape index (κ1) is 28.7. The summed E-state index contributed by atoms with van der Waals surface area (Å²) in [7, 11) is 0. The molecule has 0 N–H and O–H groups in total. The molecule has 9 aromatic rings. The van der Waals surface area contributed by atoms with Crippen molar-refractivity contribution in [3.63, 3.8) is 0 Å². The Labute approximate surface area is 291 Å². The highest BCUT2D eigenvalue weighted by atomic mass is 15.0. The third-order valence-corrected chi connectivity index (χ3v) is 10.6. The number of aromatic nitrogens is 3. The predicted molar refractivity (Wildman–Crippen MR) is 208 cm³/mol. The van der Waals surface area contributed by atoms with Gasteiger partial charge in [-0.15, -0.1) is 0 Å². The van der Waals surface area contributed by atoms with Gasteiger partial charge in [-0.2, -0.15) is 0 Å². The topological polar surface area (TPSA) is 30.7 Å². The van der Waals surface area contributed by atoms with Crippen LogP contribution in [0.2, 0.25) is 0 Å². The number of para-hydroxylation sites is 1. The van der Waals surface area contributed by atoms with E-state index in [1.54, 1.807) is 0 Å². The monoisotopic (exact) mass is 639 g/mol. The van der Waals surface area contributed by atoms with E-state index in [9.17, 15) is 0 Å². The molecule has 2 aromatic heterocycles. The second kappa shape index (κ2) is 10.8. The highest BCUT2D eigenvalue weighted by molar-refractivity contribution is 6.18. The maximum atomic E-state index is 5.17. The second-order valence-electron chi connectivity index (χ2n) is 13.8. The molecule has 50 heavy (non-hydrogen) atoms. The van der Waals surface area contributed by atoms with E-state index in [0.29, 0.717) is 5.82 Å². The number of benzene rings is 7. The summed E-state index contributed by atoms with van der Waals surface area (Å²) in [6.45, 7) is 4.75. The van der Waals surface area contributed by atoms with Gasteiger partial charge in [-0.3, -0.25) is 0 Å². The van der Waals surface area contributed by atoms with Gasteiger partial charge in [0.25, 0.3) is 0 Å². The summed E-state index contributed by atoms with van der Waals surface area (Å²) in [5.41, 5.74) is 13.6. The van der Waals surface area contributed by atoms with Crippen LogP contribution in [-0.2, 0) is 5.41 Å². The fourth-order valence-corrected chi connectivity index (χ4v) is 8.21. The Morgan fingerprint density at radius 3 is 1.96 bits per heavy atom. The van der Waals surface area contributed by atoms with Crippen molar-refractivity contribution in [2.45, 2.75) is 19.3 Å². The molecule has 0 amide bonds. The van der Waals surface area contributed by atoms with E-state index in [0.717, 1.165) is 33.8 Å². The van der Waals surface area contributed by atoms with Crippen molar-refractivity contribution in [1.82, 2.24) is 14.5 Å². The van der Waals surface area contributed by atoms with Crippen molar-refractivity contribution in [2.75, 3.05) is 0 Å². The van der Waals surface area contributed by atoms with Crippen LogP contribution >= 0.6 is 0 Å². The number of nitrogens with zero attached hydrogens (tertiary/aromatic N) is 3.